The maximum absolute atomic E-state index is 13.5. The van der Waals surface area contributed by atoms with Crippen molar-refractivity contribution < 1.29 is 8.78 Å². The minimum atomic E-state index is -0.585. The van der Waals surface area contributed by atoms with Crippen molar-refractivity contribution in [2.24, 2.45) is 0 Å². The molecule has 0 saturated carbocycles. The van der Waals surface area contributed by atoms with Gasteiger partial charge in [0.25, 0.3) is 0 Å². The van der Waals surface area contributed by atoms with Gasteiger partial charge in [-0.3, -0.25) is 5.10 Å². The summed E-state index contributed by atoms with van der Waals surface area (Å²) in [6.07, 6.45) is 6.02. The molecule has 2 aromatic heterocycles. The van der Waals surface area contributed by atoms with E-state index < -0.39 is 5.41 Å². The molecule has 0 spiro atoms. The molecule has 0 radical (unpaired) electrons. The lowest BCUT2D eigenvalue weighted by Crippen LogP contribution is -2.30. The third kappa shape index (κ3) is 2.53. The predicted molar refractivity (Wildman–Crippen MR) is 97.6 cm³/mol. The Morgan fingerprint density at radius 3 is 2.14 bits per heavy atom. The number of rotatable bonds is 3. The highest BCUT2D eigenvalue weighted by Crippen LogP contribution is 2.42. The van der Waals surface area contributed by atoms with E-state index in [9.17, 15) is 8.78 Å². The molecule has 138 valence electrons. The second kappa shape index (κ2) is 6.19. The largest absolute Gasteiger partial charge is 0.280 e. The van der Waals surface area contributed by atoms with Crippen molar-refractivity contribution in [3.8, 4) is 5.82 Å². The molecule has 0 atom stereocenters. The van der Waals surface area contributed by atoms with Crippen LogP contribution < -0.4 is 0 Å². The normalized spacial score (nSPS) is 14.8. The first-order chi connectivity index (χ1) is 13.7. The van der Waals surface area contributed by atoms with Gasteiger partial charge in [0, 0.05) is 23.1 Å². The number of nitrogens with one attached hydrogen (secondary N) is 1. The van der Waals surface area contributed by atoms with Gasteiger partial charge in [0.05, 0.1) is 0 Å². The van der Waals surface area contributed by atoms with E-state index in [4.69, 9.17) is 0 Å². The SMILES string of the molecule is Fc1ccc(C2(c3ccc(F)cc3)C=Cc3c(-n4cnnn4)n[nH]c3C2)cc1. The smallest absolute Gasteiger partial charge is 0.185 e. The molecule has 0 fully saturated rings. The van der Waals surface area contributed by atoms with Crippen molar-refractivity contribution in [3.05, 3.63) is 95.0 Å². The summed E-state index contributed by atoms with van der Waals surface area (Å²) < 4.78 is 28.5. The van der Waals surface area contributed by atoms with E-state index in [0.29, 0.717) is 12.2 Å². The van der Waals surface area contributed by atoms with Gasteiger partial charge < -0.3 is 0 Å². The zero-order chi connectivity index (χ0) is 19.1. The maximum atomic E-state index is 13.5. The number of aromatic amines is 1. The van der Waals surface area contributed by atoms with Gasteiger partial charge in [-0.25, -0.2) is 8.78 Å². The third-order valence-corrected chi connectivity index (χ3v) is 5.14. The Morgan fingerprint density at radius 2 is 1.57 bits per heavy atom. The van der Waals surface area contributed by atoms with Crippen LogP contribution in [0.25, 0.3) is 11.9 Å². The molecule has 0 unspecified atom stereocenters. The summed E-state index contributed by atoms with van der Waals surface area (Å²) in [5.41, 5.74) is 2.99. The van der Waals surface area contributed by atoms with Crippen LogP contribution in [0.2, 0.25) is 0 Å². The Morgan fingerprint density at radius 1 is 0.929 bits per heavy atom. The topological polar surface area (TPSA) is 72.3 Å². The molecule has 8 heteroatoms. The molecule has 0 bridgehead atoms. The number of hydrogen-bond acceptors (Lipinski definition) is 4. The van der Waals surface area contributed by atoms with Crippen LogP contribution in [0.1, 0.15) is 22.4 Å². The van der Waals surface area contributed by atoms with Crippen LogP contribution in [0.3, 0.4) is 0 Å². The van der Waals surface area contributed by atoms with Crippen molar-refractivity contribution in [2.75, 3.05) is 0 Å². The lowest BCUT2D eigenvalue weighted by Gasteiger charge is -2.34. The number of benzene rings is 2. The highest BCUT2D eigenvalue weighted by atomic mass is 19.1. The van der Waals surface area contributed by atoms with E-state index in [-0.39, 0.29) is 11.6 Å². The van der Waals surface area contributed by atoms with Crippen LogP contribution >= 0.6 is 0 Å². The van der Waals surface area contributed by atoms with Crippen molar-refractivity contribution in [2.45, 2.75) is 11.8 Å². The monoisotopic (exact) mass is 376 g/mol. The zero-order valence-electron chi connectivity index (χ0n) is 14.5. The standard InChI is InChI=1S/C20H14F2N6/c21-15-5-1-13(2-6-15)20(14-3-7-16(22)8-4-14)10-9-17-18(11-20)24-25-19(17)28-12-23-26-27-28/h1-10,12H,11H2,(H,24,25). The molecule has 2 heterocycles. The second-order valence-corrected chi connectivity index (χ2v) is 6.69. The molecule has 0 saturated heterocycles. The summed E-state index contributed by atoms with van der Waals surface area (Å²) in [5, 5.41) is 18.6. The van der Waals surface area contributed by atoms with Crippen LogP contribution in [0, 0.1) is 11.6 Å². The van der Waals surface area contributed by atoms with Gasteiger partial charge in [-0.05, 0) is 45.8 Å². The first-order valence-electron chi connectivity index (χ1n) is 8.68. The van der Waals surface area contributed by atoms with Crippen LogP contribution in [0.15, 0.2) is 60.9 Å². The van der Waals surface area contributed by atoms with E-state index in [1.54, 1.807) is 24.3 Å². The first-order valence-corrected chi connectivity index (χ1v) is 8.68. The van der Waals surface area contributed by atoms with E-state index in [2.05, 4.69) is 25.7 Å². The van der Waals surface area contributed by atoms with Gasteiger partial charge in [0.1, 0.15) is 18.0 Å². The van der Waals surface area contributed by atoms with Crippen LogP contribution in [-0.4, -0.2) is 30.4 Å². The molecule has 1 N–H and O–H groups in total. The predicted octanol–water partition coefficient (Wildman–Crippen LogP) is 3.22. The fourth-order valence-electron chi connectivity index (χ4n) is 3.74. The fourth-order valence-corrected chi connectivity index (χ4v) is 3.74. The molecule has 2 aromatic carbocycles. The molecule has 28 heavy (non-hydrogen) atoms. The van der Waals surface area contributed by atoms with Gasteiger partial charge in [0.2, 0.25) is 0 Å². The summed E-state index contributed by atoms with van der Waals surface area (Å²) in [4.78, 5) is 0. The zero-order valence-corrected chi connectivity index (χ0v) is 14.5. The number of nitrogens with zero attached hydrogens (tertiary/aromatic N) is 5. The Labute approximate surface area is 158 Å². The highest BCUT2D eigenvalue weighted by Gasteiger charge is 2.37. The second-order valence-electron chi connectivity index (χ2n) is 6.69. The Kier molecular flexibility index (Phi) is 3.65. The number of halogens is 2. The molecule has 1 aliphatic rings. The quantitative estimate of drug-likeness (QED) is 0.596. The number of allylic oxidation sites excluding steroid dienone is 1. The Balaban J connectivity index is 1.66. The van der Waals surface area contributed by atoms with Crippen LogP contribution in [0.4, 0.5) is 8.78 Å². The number of fused-ring (bicyclic) bond motifs is 1. The molecule has 0 amide bonds. The van der Waals surface area contributed by atoms with Crippen molar-refractivity contribution in [1.29, 1.82) is 0 Å². The minimum absolute atomic E-state index is 0.305. The van der Waals surface area contributed by atoms with Crippen molar-refractivity contribution in [1.82, 2.24) is 30.4 Å². The third-order valence-electron chi connectivity index (χ3n) is 5.14. The van der Waals surface area contributed by atoms with Crippen molar-refractivity contribution >= 4 is 6.08 Å². The highest BCUT2D eigenvalue weighted by molar-refractivity contribution is 5.67. The van der Waals surface area contributed by atoms with Gasteiger partial charge in [-0.1, -0.05) is 36.4 Å². The lowest BCUT2D eigenvalue weighted by atomic mass is 9.68. The molecule has 0 aliphatic heterocycles. The van der Waals surface area contributed by atoms with Gasteiger partial charge in [-0.15, -0.1) is 5.10 Å². The van der Waals surface area contributed by atoms with Gasteiger partial charge >= 0.3 is 0 Å². The molecule has 1 aliphatic carbocycles. The average molecular weight is 376 g/mol. The van der Waals surface area contributed by atoms with E-state index >= 15 is 0 Å². The molecule has 5 rings (SSSR count). The number of aromatic nitrogens is 6. The first kappa shape index (κ1) is 16.5. The van der Waals surface area contributed by atoms with E-state index in [0.717, 1.165) is 22.4 Å². The summed E-state index contributed by atoms with van der Waals surface area (Å²) in [5.74, 6) is -0.00921. The molecule has 6 nitrogen and oxygen atoms in total. The molecule has 4 aromatic rings. The maximum Gasteiger partial charge on any atom is 0.185 e. The molecular formula is C20H14F2N6. The van der Waals surface area contributed by atoms with Crippen molar-refractivity contribution in [3.63, 3.8) is 0 Å². The van der Waals surface area contributed by atoms with Crippen LogP contribution in [0.5, 0.6) is 0 Å². The minimum Gasteiger partial charge on any atom is -0.280 e. The van der Waals surface area contributed by atoms with Gasteiger partial charge in [-0.2, -0.15) is 9.78 Å². The number of tetrazole rings is 1. The fraction of sp³-hybridized carbons (Fsp3) is 0.100. The number of H-pyrrole nitrogens is 1. The van der Waals surface area contributed by atoms with Crippen LogP contribution in [-0.2, 0) is 11.8 Å². The van der Waals surface area contributed by atoms with E-state index in [1.807, 2.05) is 12.2 Å². The molecular weight excluding hydrogens is 362 g/mol. The lowest BCUT2D eigenvalue weighted by molar-refractivity contribution is 0.599. The summed E-state index contributed by atoms with van der Waals surface area (Å²) in [6.45, 7) is 0. The Hall–Kier alpha value is -3.68. The summed E-state index contributed by atoms with van der Waals surface area (Å²) in [6, 6.07) is 12.8. The van der Waals surface area contributed by atoms with E-state index in [1.165, 1.54) is 35.3 Å². The Bertz CT molecular complexity index is 1100. The number of hydrogen-bond donors (Lipinski definition) is 1. The van der Waals surface area contributed by atoms with Gasteiger partial charge in [0.15, 0.2) is 5.82 Å². The average Bonchev–Trinajstić information content (AvgIpc) is 3.38. The summed E-state index contributed by atoms with van der Waals surface area (Å²) >= 11 is 0. The summed E-state index contributed by atoms with van der Waals surface area (Å²) in [7, 11) is 0.